The Bertz CT molecular complexity index is 1180. The second kappa shape index (κ2) is 23.4. The fourth-order valence-electron chi connectivity index (χ4n) is 5.33. The Morgan fingerprint density at radius 2 is 1.47 bits per heavy atom. The number of allylic oxidation sites excluding steroid dienone is 1. The molecule has 0 saturated heterocycles. The van der Waals surface area contributed by atoms with Crippen LogP contribution in [0.1, 0.15) is 116 Å². The van der Waals surface area contributed by atoms with Crippen LogP contribution in [0.25, 0.3) is 0 Å². The number of hydrogen-bond acceptors (Lipinski definition) is 8. The first kappa shape index (κ1) is 42.1. The number of aliphatic carboxylic acids is 1. The molecule has 0 aliphatic heterocycles. The Balaban J connectivity index is 2.84. The highest BCUT2D eigenvalue weighted by Gasteiger charge is 2.46. The van der Waals surface area contributed by atoms with Crippen LogP contribution < -0.4 is 10.1 Å². The molecule has 0 radical (unpaired) electrons. The van der Waals surface area contributed by atoms with Gasteiger partial charge in [-0.05, 0) is 56.2 Å². The number of esters is 1. The van der Waals surface area contributed by atoms with Gasteiger partial charge in [-0.1, -0.05) is 96.4 Å². The van der Waals surface area contributed by atoms with Gasteiger partial charge in [0.05, 0.1) is 31.1 Å². The van der Waals surface area contributed by atoms with Gasteiger partial charge in [0.25, 0.3) is 0 Å². The van der Waals surface area contributed by atoms with Gasteiger partial charge >= 0.3 is 11.9 Å². The monoisotopic (exact) mass is 681 g/mol. The van der Waals surface area contributed by atoms with Crippen molar-refractivity contribution in [2.24, 2.45) is 5.92 Å². The molecule has 10 nitrogen and oxygen atoms in total. The maximum atomic E-state index is 13.5. The highest BCUT2D eigenvalue weighted by atomic mass is 32.2. The van der Waals surface area contributed by atoms with Crippen molar-refractivity contribution >= 4 is 27.7 Å². The smallest absolute Gasteiger partial charge is 0.336 e. The van der Waals surface area contributed by atoms with Gasteiger partial charge in [0.15, 0.2) is 5.60 Å². The van der Waals surface area contributed by atoms with E-state index in [0.717, 1.165) is 56.9 Å². The molecule has 47 heavy (non-hydrogen) atoms. The largest absolute Gasteiger partial charge is 0.494 e. The second-order valence-corrected chi connectivity index (χ2v) is 14.6. The molecule has 1 rings (SSSR count). The van der Waals surface area contributed by atoms with E-state index in [2.05, 4.69) is 19.2 Å². The maximum absolute atomic E-state index is 13.5. The van der Waals surface area contributed by atoms with Crippen molar-refractivity contribution in [1.82, 2.24) is 5.32 Å². The summed E-state index contributed by atoms with van der Waals surface area (Å²) in [6.45, 7) is 6.51. The van der Waals surface area contributed by atoms with E-state index in [1.165, 1.54) is 13.2 Å². The number of rotatable bonds is 27. The first-order chi connectivity index (χ1) is 22.4. The third-order valence-electron chi connectivity index (χ3n) is 8.19. The molecular weight excluding hydrogens is 622 g/mol. The Morgan fingerprint density at radius 1 is 0.872 bits per heavy atom. The molecule has 1 amide bonds. The lowest BCUT2D eigenvalue weighted by Gasteiger charge is -2.30. The average molecular weight is 682 g/mol. The van der Waals surface area contributed by atoms with Gasteiger partial charge in [-0.2, -0.15) is 0 Å². The molecule has 3 N–H and O–H groups in total. The predicted octanol–water partition coefficient (Wildman–Crippen LogP) is 6.19. The zero-order chi connectivity index (χ0) is 35.1. The number of nitrogens with one attached hydrogen (secondary N) is 1. The molecule has 0 spiro atoms. The molecule has 3 atom stereocenters. The third-order valence-corrected chi connectivity index (χ3v) is 10.0. The number of carboxylic acid groups (broad SMARTS) is 1. The zero-order valence-corrected chi connectivity index (χ0v) is 29.8. The van der Waals surface area contributed by atoms with E-state index in [-0.39, 0.29) is 24.3 Å². The van der Waals surface area contributed by atoms with E-state index in [4.69, 9.17) is 9.47 Å². The molecule has 0 heterocycles. The molecule has 0 aliphatic carbocycles. The summed E-state index contributed by atoms with van der Waals surface area (Å²) in [5.41, 5.74) is -1.64. The molecule has 0 bridgehead atoms. The normalized spacial score (nSPS) is 14.3. The van der Waals surface area contributed by atoms with Crippen LogP contribution in [0.15, 0.2) is 36.4 Å². The van der Waals surface area contributed by atoms with Crippen molar-refractivity contribution in [3.63, 3.8) is 0 Å². The lowest BCUT2D eigenvalue weighted by atomic mass is 9.82. The highest BCUT2D eigenvalue weighted by molar-refractivity contribution is 7.91. The second-order valence-electron chi connectivity index (χ2n) is 12.3. The minimum absolute atomic E-state index is 0.0952. The highest BCUT2D eigenvalue weighted by Crippen LogP contribution is 2.27. The summed E-state index contributed by atoms with van der Waals surface area (Å²) in [6, 6.07) is 6.03. The van der Waals surface area contributed by atoms with Gasteiger partial charge in [-0.25, -0.2) is 18.0 Å². The molecule has 1 aromatic carbocycles. The number of ether oxygens (including phenoxy) is 2. The molecule has 0 aromatic heterocycles. The van der Waals surface area contributed by atoms with Crippen molar-refractivity contribution in [1.29, 1.82) is 0 Å². The van der Waals surface area contributed by atoms with E-state index >= 15 is 0 Å². The SMILES string of the molecule is CCCCCCCS(=O)(=O)CCCCCC/C=C/[C@H](C(=O)N[C@@H](Cc1ccc(OCCCC)cc1)C(=O)OC)[C@@](O)(CCC)C(=O)O. The van der Waals surface area contributed by atoms with Gasteiger partial charge in [0.1, 0.15) is 21.6 Å². The average Bonchev–Trinajstić information content (AvgIpc) is 3.04. The Labute approximate surface area is 282 Å². The van der Waals surface area contributed by atoms with Crippen molar-refractivity contribution in [3.05, 3.63) is 42.0 Å². The Morgan fingerprint density at radius 3 is 2.02 bits per heavy atom. The summed E-state index contributed by atoms with van der Waals surface area (Å²) >= 11 is 0. The number of methoxy groups -OCH3 is 1. The summed E-state index contributed by atoms with van der Waals surface area (Å²) in [5.74, 6) is -3.36. The summed E-state index contributed by atoms with van der Waals surface area (Å²) in [4.78, 5) is 38.4. The number of hydrogen-bond donors (Lipinski definition) is 3. The van der Waals surface area contributed by atoms with E-state index < -0.39 is 45.2 Å². The number of sulfone groups is 1. The van der Waals surface area contributed by atoms with Gasteiger partial charge < -0.3 is 25.0 Å². The summed E-state index contributed by atoms with van der Waals surface area (Å²) in [5, 5.41) is 23.8. The summed E-state index contributed by atoms with van der Waals surface area (Å²) < 4.78 is 35.2. The molecular formula is C36H59NO9S. The van der Waals surface area contributed by atoms with Crippen LogP contribution in [0.4, 0.5) is 0 Å². The van der Waals surface area contributed by atoms with E-state index in [1.54, 1.807) is 37.3 Å². The number of carbonyl (C=O) groups excluding carboxylic acids is 2. The molecule has 0 unspecified atom stereocenters. The third kappa shape index (κ3) is 16.6. The zero-order valence-electron chi connectivity index (χ0n) is 29.0. The van der Waals surface area contributed by atoms with Crippen molar-refractivity contribution in [2.75, 3.05) is 25.2 Å². The van der Waals surface area contributed by atoms with Crippen molar-refractivity contribution in [2.45, 2.75) is 129 Å². The molecule has 11 heteroatoms. The van der Waals surface area contributed by atoms with Crippen LogP contribution in [0.3, 0.4) is 0 Å². The predicted molar refractivity (Wildman–Crippen MR) is 185 cm³/mol. The number of carboxylic acids is 1. The topological polar surface area (TPSA) is 156 Å². The van der Waals surface area contributed by atoms with Crippen LogP contribution in [0.2, 0.25) is 0 Å². The number of unbranched alkanes of at least 4 members (excludes halogenated alkanes) is 9. The molecule has 0 saturated carbocycles. The quantitative estimate of drug-likeness (QED) is 0.0560. The fraction of sp³-hybridized carbons (Fsp3) is 0.694. The van der Waals surface area contributed by atoms with Crippen LogP contribution in [-0.2, 0) is 35.4 Å². The van der Waals surface area contributed by atoms with Crippen LogP contribution in [-0.4, -0.2) is 73.3 Å². The molecule has 0 fully saturated rings. The first-order valence-electron chi connectivity index (χ1n) is 17.4. The van der Waals surface area contributed by atoms with Gasteiger partial charge in [0.2, 0.25) is 5.91 Å². The molecule has 268 valence electrons. The lowest BCUT2D eigenvalue weighted by Crippen LogP contribution is -2.54. The van der Waals surface area contributed by atoms with Crippen LogP contribution >= 0.6 is 0 Å². The number of carbonyl (C=O) groups is 3. The number of amides is 1. The van der Waals surface area contributed by atoms with Gasteiger partial charge in [-0.3, -0.25) is 4.79 Å². The van der Waals surface area contributed by atoms with E-state index in [9.17, 15) is 33.0 Å². The minimum atomic E-state index is -3.04. The number of benzene rings is 1. The first-order valence-corrected chi connectivity index (χ1v) is 19.2. The maximum Gasteiger partial charge on any atom is 0.336 e. The van der Waals surface area contributed by atoms with Crippen molar-refractivity contribution in [3.8, 4) is 5.75 Å². The Kier molecular flexibility index (Phi) is 21.0. The van der Waals surface area contributed by atoms with Crippen molar-refractivity contribution < 1.29 is 42.5 Å². The molecule has 0 aliphatic rings. The van der Waals surface area contributed by atoms with Gasteiger partial charge in [0, 0.05) is 6.42 Å². The minimum Gasteiger partial charge on any atom is -0.494 e. The molecule has 1 aromatic rings. The van der Waals surface area contributed by atoms with Crippen LogP contribution in [0.5, 0.6) is 5.75 Å². The van der Waals surface area contributed by atoms with Crippen LogP contribution in [0, 0.1) is 5.92 Å². The Hall–Kier alpha value is -2.92. The standard InChI is InChI=1S/C36H59NO9S/c1-5-8-10-14-17-26-47(43,44)27-18-15-12-11-13-16-19-31(36(42,24-7-3)35(40)41)33(38)37-32(34(39)45-4)28-29-20-22-30(23-21-29)46-25-9-6-2/h16,19-23,31-32,42H,5-15,17-18,24-28H2,1-4H3,(H,37,38)(H,40,41)/b19-16+/t31-,32+,36+/m1/s1. The number of aliphatic hydroxyl groups is 1. The summed E-state index contributed by atoms with van der Waals surface area (Å²) in [6.07, 6.45) is 13.6. The summed E-state index contributed by atoms with van der Waals surface area (Å²) in [7, 11) is -1.84. The van der Waals surface area contributed by atoms with E-state index in [0.29, 0.717) is 44.5 Å². The fourth-order valence-corrected chi connectivity index (χ4v) is 6.82. The lowest BCUT2D eigenvalue weighted by molar-refractivity contribution is -0.167. The van der Waals surface area contributed by atoms with Gasteiger partial charge in [-0.15, -0.1) is 0 Å². The van der Waals surface area contributed by atoms with E-state index in [1.807, 2.05) is 0 Å².